The Hall–Kier alpha value is -7.88. The van der Waals surface area contributed by atoms with Gasteiger partial charge in [-0.2, -0.15) is 0 Å². The second-order valence-corrected chi connectivity index (χ2v) is 15.5. The van der Waals surface area contributed by atoms with Gasteiger partial charge < -0.3 is 58.0 Å². The van der Waals surface area contributed by atoms with Gasteiger partial charge in [-0.05, 0) is 18.2 Å². The number of nitrogens with one attached hydrogen (secondary N) is 2. The van der Waals surface area contributed by atoms with Crippen molar-refractivity contribution in [2.45, 2.75) is 130 Å². The summed E-state index contributed by atoms with van der Waals surface area (Å²) in [4.78, 5) is 123. The summed E-state index contributed by atoms with van der Waals surface area (Å²) in [5, 5.41) is 21.5. The van der Waals surface area contributed by atoms with Gasteiger partial charge in [0.05, 0.1) is 25.5 Å². The van der Waals surface area contributed by atoms with Crippen molar-refractivity contribution in [3.8, 4) is 0 Å². The van der Waals surface area contributed by atoms with Crippen molar-refractivity contribution in [1.29, 1.82) is 0 Å². The summed E-state index contributed by atoms with van der Waals surface area (Å²) in [5.74, 6) is -7.58. The Morgan fingerprint density at radius 3 is 1.14 bits per heavy atom. The summed E-state index contributed by atoms with van der Waals surface area (Å²) in [6.07, 6.45) is -11.3. The lowest BCUT2D eigenvalue weighted by Crippen LogP contribution is -2.60. The van der Waals surface area contributed by atoms with E-state index < -0.39 is 134 Å². The summed E-state index contributed by atoms with van der Waals surface area (Å²) in [7, 11) is 0. The van der Waals surface area contributed by atoms with E-state index in [1.807, 2.05) is 0 Å². The van der Waals surface area contributed by atoms with E-state index in [1.54, 1.807) is 0 Å². The van der Waals surface area contributed by atoms with E-state index in [1.165, 1.54) is 36.7 Å². The molecule has 70 heavy (non-hydrogen) atoms. The fourth-order valence-electron chi connectivity index (χ4n) is 7.22. The Balaban J connectivity index is 1.27. The third kappa shape index (κ3) is 14.6. The number of aromatic nitrogens is 6. The van der Waals surface area contributed by atoms with E-state index in [-0.39, 0.29) is 35.6 Å². The van der Waals surface area contributed by atoms with Crippen LogP contribution in [0.25, 0.3) is 0 Å². The van der Waals surface area contributed by atoms with Crippen molar-refractivity contribution >= 4 is 59.6 Å². The number of rotatable bonds is 18. The van der Waals surface area contributed by atoms with Crippen LogP contribution >= 0.6 is 0 Å². The molecule has 2 saturated heterocycles. The standard InChI is InChI=1S/C42H50N8O20/c1-19(51)61-17-31-33(63-21(3)53)35(65-23(5)55)37(67-25(7)57)41(69-31)49-15-29(45-47-49)13-43-39(59)27-10-9-11-28(12-27)40(60)44-14-30-16-50(48-46-30)42-38(68-26(8)58)36(66-24(6)56)34(64-22(4)54)32(70-42)18-62-20(2)52/h9-12,15-16,31-38,41-42H,13-14,17-18H2,1-8H3,(H,43,59)(H,44,60)/t31-,32-,33-,34-,35+,36+,37-,38-,41-,42-/m1/s1. The van der Waals surface area contributed by atoms with Gasteiger partial charge in [-0.3, -0.25) is 47.9 Å². The van der Waals surface area contributed by atoms with Gasteiger partial charge in [0, 0.05) is 66.5 Å². The number of nitrogens with zero attached hydrogens (tertiary/aromatic N) is 6. The predicted molar refractivity (Wildman–Crippen MR) is 223 cm³/mol. The van der Waals surface area contributed by atoms with Crippen molar-refractivity contribution in [1.82, 2.24) is 40.6 Å². The first-order chi connectivity index (χ1) is 33.1. The molecule has 2 aliphatic rings. The molecule has 10 atom stereocenters. The van der Waals surface area contributed by atoms with Gasteiger partial charge in [0.2, 0.25) is 0 Å². The summed E-state index contributed by atoms with van der Waals surface area (Å²) in [6, 6.07) is 5.66. The first-order valence-corrected chi connectivity index (χ1v) is 21.2. The van der Waals surface area contributed by atoms with E-state index in [0.29, 0.717) is 0 Å². The highest BCUT2D eigenvalue weighted by atomic mass is 16.7. The van der Waals surface area contributed by atoms with Crippen LogP contribution < -0.4 is 10.6 Å². The molecule has 2 N–H and O–H groups in total. The number of amides is 2. The highest BCUT2D eigenvalue weighted by molar-refractivity contribution is 5.99. The topological polar surface area (TPSA) is 348 Å². The number of hydrogen-bond acceptors (Lipinski definition) is 24. The summed E-state index contributed by atoms with van der Waals surface area (Å²) < 4.78 is 57.3. The fourth-order valence-corrected chi connectivity index (χ4v) is 7.22. The molecule has 2 aromatic heterocycles. The smallest absolute Gasteiger partial charge is 0.303 e. The molecule has 0 unspecified atom stereocenters. The van der Waals surface area contributed by atoms with Crippen molar-refractivity contribution in [2.24, 2.45) is 0 Å². The van der Waals surface area contributed by atoms with Crippen LogP contribution in [0.3, 0.4) is 0 Å². The molecule has 0 radical (unpaired) electrons. The minimum atomic E-state index is -1.47. The van der Waals surface area contributed by atoms with Gasteiger partial charge in [0.1, 0.15) is 36.8 Å². The maximum Gasteiger partial charge on any atom is 0.303 e. The minimum Gasteiger partial charge on any atom is -0.463 e. The zero-order valence-corrected chi connectivity index (χ0v) is 38.9. The lowest BCUT2D eigenvalue weighted by molar-refractivity contribution is -0.270. The number of carbonyl (C=O) groups excluding carboxylic acids is 10. The minimum absolute atomic E-state index is 0.0641. The van der Waals surface area contributed by atoms with Crippen molar-refractivity contribution in [2.75, 3.05) is 13.2 Å². The molecule has 0 saturated carbocycles. The number of hydrogen-bond donors (Lipinski definition) is 2. The zero-order chi connectivity index (χ0) is 51.4. The van der Waals surface area contributed by atoms with Crippen LogP contribution in [-0.4, -0.2) is 152 Å². The molecule has 2 fully saturated rings. The quantitative estimate of drug-likeness (QED) is 0.117. The Bertz CT molecular complexity index is 2290. The Labute approximate surface area is 397 Å². The van der Waals surface area contributed by atoms with Crippen LogP contribution in [0.5, 0.6) is 0 Å². The van der Waals surface area contributed by atoms with E-state index in [2.05, 4.69) is 31.3 Å². The summed E-state index contributed by atoms with van der Waals surface area (Å²) in [6.45, 7) is 7.39. The molecule has 378 valence electrons. The van der Waals surface area contributed by atoms with Crippen LogP contribution in [-0.2, 0) is 98.8 Å². The molecule has 0 aliphatic carbocycles. The van der Waals surface area contributed by atoms with Gasteiger partial charge >= 0.3 is 47.8 Å². The molecule has 1 aromatic carbocycles. The van der Waals surface area contributed by atoms with Gasteiger partial charge in [-0.15, -0.1) is 10.2 Å². The largest absolute Gasteiger partial charge is 0.463 e. The molecule has 28 nitrogen and oxygen atoms in total. The maximum atomic E-state index is 13.3. The molecule has 0 bridgehead atoms. The average Bonchev–Trinajstić information content (AvgIpc) is 3.95. The third-order valence-electron chi connectivity index (χ3n) is 9.82. The molecule has 2 amide bonds. The van der Waals surface area contributed by atoms with Crippen LogP contribution in [0, 0.1) is 0 Å². The molecule has 5 rings (SSSR count). The summed E-state index contributed by atoms with van der Waals surface area (Å²) >= 11 is 0. The van der Waals surface area contributed by atoms with Crippen LogP contribution in [0.1, 0.15) is 99.9 Å². The highest BCUT2D eigenvalue weighted by Gasteiger charge is 2.55. The lowest BCUT2D eigenvalue weighted by atomic mass is 9.97. The molecule has 2 aliphatic heterocycles. The normalized spacial score (nSPS) is 23.8. The second-order valence-electron chi connectivity index (χ2n) is 15.5. The number of carbonyl (C=O) groups is 10. The van der Waals surface area contributed by atoms with Gasteiger partial charge in [-0.1, -0.05) is 16.5 Å². The van der Waals surface area contributed by atoms with Crippen LogP contribution in [0.15, 0.2) is 36.7 Å². The average molecular weight is 987 g/mol. The molecule has 0 spiro atoms. The van der Waals surface area contributed by atoms with Crippen molar-refractivity contribution in [3.63, 3.8) is 0 Å². The Morgan fingerprint density at radius 1 is 0.486 bits per heavy atom. The molecular formula is C42H50N8O20. The first-order valence-electron chi connectivity index (χ1n) is 21.2. The van der Waals surface area contributed by atoms with Gasteiger partial charge in [0.15, 0.2) is 49.1 Å². The van der Waals surface area contributed by atoms with Crippen LogP contribution in [0.4, 0.5) is 0 Å². The van der Waals surface area contributed by atoms with Gasteiger partial charge in [-0.25, -0.2) is 9.36 Å². The SMILES string of the molecule is CC(=O)OC[C@H]1O[C@@H](n2cc(CNC(=O)c3cccc(C(=O)NCc4cn([C@@H]5O[C@H](COC(C)=O)[C@@H](OC(C)=O)[C@H](OC(C)=O)[C@H]5OC(C)=O)nn4)c3)nn2)[C@H](OC(C)=O)[C@@H](OC(C)=O)[C@@H]1OC(C)=O. The zero-order valence-electron chi connectivity index (χ0n) is 38.9. The second kappa shape index (κ2) is 23.9. The third-order valence-corrected chi connectivity index (χ3v) is 9.82. The fraction of sp³-hybridized carbons (Fsp3) is 0.524. The van der Waals surface area contributed by atoms with E-state index >= 15 is 0 Å². The van der Waals surface area contributed by atoms with Gasteiger partial charge in [0.25, 0.3) is 11.8 Å². The van der Waals surface area contributed by atoms with Crippen LogP contribution in [0.2, 0.25) is 0 Å². The van der Waals surface area contributed by atoms with E-state index in [9.17, 15) is 47.9 Å². The summed E-state index contributed by atoms with van der Waals surface area (Å²) in [5.41, 5.74) is 0.447. The molecule has 28 heteroatoms. The van der Waals surface area contributed by atoms with E-state index in [4.69, 9.17) is 47.4 Å². The first kappa shape index (κ1) is 53.1. The Morgan fingerprint density at radius 2 is 0.814 bits per heavy atom. The van der Waals surface area contributed by atoms with E-state index in [0.717, 1.165) is 64.8 Å². The lowest BCUT2D eigenvalue weighted by Gasteiger charge is -2.44. The number of ether oxygens (including phenoxy) is 10. The number of esters is 8. The van der Waals surface area contributed by atoms with Crippen molar-refractivity contribution < 1.29 is 95.3 Å². The molecule has 4 heterocycles. The Kier molecular flexibility index (Phi) is 18.1. The number of benzene rings is 1. The van der Waals surface area contributed by atoms with Crippen molar-refractivity contribution in [3.05, 3.63) is 59.2 Å². The monoisotopic (exact) mass is 986 g/mol. The predicted octanol–water partition coefficient (Wildman–Crippen LogP) is -0.759. The maximum absolute atomic E-state index is 13.3. The molecular weight excluding hydrogens is 936 g/mol. The molecule has 3 aromatic rings. The highest BCUT2D eigenvalue weighted by Crippen LogP contribution is 2.36.